The standard InChI is InChI=1S/C15H13NO5/c17-15(18)14-13(6-3-7-16-14)20-9-10-8-19-11-4-1-2-5-12(11)21-10/h1-7,10H,8-9H2,(H,17,18). The van der Waals surface area contributed by atoms with Crippen LogP contribution in [0.25, 0.3) is 0 Å². The van der Waals surface area contributed by atoms with Crippen LogP contribution in [-0.4, -0.2) is 35.4 Å². The van der Waals surface area contributed by atoms with E-state index in [4.69, 9.17) is 19.3 Å². The highest BCUT2D eigenvalue weighted by atomic mass is 16.6. The number of fused-ring (bicyclic) bond motifs is 1. The monoisotopic (exact) mass is 287 g/mol. The smallest absolute Gasteiger partial charge is 0.358 e. The Labute approximate surface area is 120 Å². The molecule has 0 amide bonds. The molecule has 1 aromatic carbocycles. The summed E-state index contributed by atoms with van der Waals surface area (Å²) in [6.45, 7) is 0.528. The van der Waals surface area contributed by atoms with Crippen molar-refractivity contribution in [3.63, 3.8) is 0 Å². The molecule has 21 heavy (non-hydrogen) atoms. The topological polar surface area (TPSA) is 77.9 Å². The molecule has 2 aromatic rings. The van der Waals surface area contributed by atoms with Crippen LogP contribution >= 0.6 is 0 Å². The number of carbonyl (C=O) groups is 1. The Hall–Kier alpha value is -2.76. The second kappa shape index (κ2) is 5.70. The molecule has 0 aliphatic carbocycles. The SMILES string of the molecule is O=C(O)c1ncccc1OCC1COc2ccccc2O1. The summed E-state index contributed by atoms with van der Waals surface area (Å²) in [6, 6.07) is 10.6. The minimum atomic E-state index is -1.13. The molecule has 6 heteroatoms. The van der Waals surface area contributed by atoms with Crippen LogP contribution in [0.5, 0.6) is 17.2 Å². The maximum absolute atomic E-state index is 11.0. The Balaban J connectivity index is 1.66. The van der Waals surface area contributed by atoms with Crippen LogP contribution in [0, 0.1) is 0 Å². The Bertz CT molecular complexity index is 658. The summed E-state index contributed by atoms with van der Waals surface area (Å²) in [7, 11) is 0. The quantitative estimate of drug-likeness (QED) is 0.926. The van der Waals surface area contributed by atoms with E-state index < -0.39 is 5.97 Å². The predicted octanol–water partition coefficient (Wildman–Crippen LogP) is 2.00. The molecule has 0 bridgehead atoms. The highest BCUT2D eigenvalue weighted by Crippen LogP contribution is 2.31. The number of hydrogen-bond donors (Lipinski definition) is 1. The van der Waals surface area contributed by atoms with Gasteiger partial charge in [-0.05, 0) is 24.3 Å². The van der Waals surface area contributed by atoms with Crippen molar-refractivity contribution >= 4 is 5.97 Å². The van der Waals surface area contributed by atoms with Gasteiger partial charge < -0.3 is 19.3 Å². The van der Waals surface area contributed by atoms with Gasteiger partial charge in [-0.2, -0.15) is 0 Å². The van der Waals surface area contributed by atoms with Gasteiger partial charge in [0.2, 0.25) is 0 Å². The fraction of sp³-hybridized carbons (Fsp3) is 0.200. The first-order valence-corrected chi connectivity index (χ1v) is 6.43. The van der Waals surface area contributed by atoms with Crippen molar-refractivity contribution in [2.45, 2.75) is 6.10 Å². The highest BCUT2D eigenvalue weighted by molar-refractivity contribution is 5.88. The molecule has 1 aliphatic heterocycles. The number of rotatable bonds is 4. The average molecular weight is 287 g/mol. The van der Waals surface area contributed by atoms with Crippen LogP contribution in [-0.2, 0) is 0 Å². The molecule has 3 rings (SSSR count). The van der Waals surface area contributed by atoms with Crippen LogP contribution < -0.4 is 14.2 Å². The number of aromatic carboxylic acids is 1. The zero-order chi connectivity index (χ0) is 14.7. The molecule has 0 spiro atoms. The minimum absolute atomic E-state index is 0.116. The molecule has 6 nitrogen and oxygen atoms in total. The van der Waals surface area contributed by atoms with Gasteiger partial charge in [0.05, 0.1) is 0 Å². The van der Waals surface area contributed by atoms with E-state index in [-0.39, 0.29) is 24.2 Å². The lowest BCUT2D eigenvalue weighted by atomic mass is 10.2. The number of hydrogen-bond acceptors (Lipinski definition) is 5. The number of benzene rings is 1. The van der Waals surface area contributed by atoms with Crippen LogP contribution in [0.3, 0.4) is 0 Å². The van der Waals surface area contributed by atoms with Gasteiger partial charge in [-0.25, -0.2) is 9.78 Å². The summed E-state index contributed by atoms with van der Waals surface area (Å²) >= 11 is 0. The fourth-order valence-corrected chi connectivity index (χ4v) is 2.00. The van der Waals surface area contributed by atoms with Crippen LogP contribution in [0.15, 0.2) is 42.6 Å². The molecule has 1 aromatic heterocycles. The van der Waals surface area contributed by atoms with Gasteiger partial charge >= 0.3 is 5.97 Å². The van der Waals surface area contributed by atoms with E-state index in [1.165, 1.54) is 6.20 Å². The summed E-state index contributed by atoms with van der Waals surface area (Å²) < 4.78 is 16.8. The molecule has 1 N–H and O–H groups in total. The summed E-state index contributed by atoms with van der Waals surface area (Å²) in [5.41, 5.74) is -0.116. The first kappa shape index (κ1) is 13.2. The number of ether oxygens (including phenoxy) is 3. The molecule has 2 heterocycles. The third-order valence-electron chi connectivity index (χ3n) is 2.97. The third-order valence-corrected chi connectivity index (χ3v) is 2.97. The zero-order valence-corrected chi connectivity index (χ0v) is 11.1. The van der Waals surface area contributed by atoms with Crippen molar-refractivity contribution < 1.29 is 24.1 Å². The zero-order valence-electron chi connectivity index (χ0n) is 11.1. The van der Waals surface area contributed by atoms with Crippen LogP contribution in [0.4, 0.5) is 0 Å². The molecule has 0 saturated heterocycles. The summed E-state index contributed by atoms with van der Waals surface area (Å²) in [6.07, 6.45) is 1.11. The van der Waals surface area contributed by atoms with Gasteiger partial charge in [0.1, 0.15) is 13.2 Å². The number of nitrogens with zero attached hydrogens (tertiary/aromatic N) is 1. The highest BCUT2D eigenvalue weighted by Gasteiger charge is 2.22. The Morgan fingerprint density at radius 1 is 1.29 bits per heavy atom. The molecule has 1 unspecified atom stereocenters. The van der Waals surface area contributed by atoms with E-state index in [2.05, 4.69) is 4.98 Å². The number of carboxylic acid groups (broad SMARTS) is 1. The maximum Gasteiger partial charge on any atom is 0.358 e. The van der Waals surface area contributed by atoms with Crippen LogP contribution in [0.1, 0.15) is 10.5 Å². The predicted molar refractivity (Wildman–Crippen MR) is 73.0 cm³/mol. The summed E-state index contributed by atoms with van der Waals surface area (Å²) in [5, 5.41) is 9.03. The first-order chi connectivity index (χ1) is 10.2. The molecule has 1 aliphatic rings. The average Bonchev–Trinajstić information content (AvgIpc) is 2.53. The molecule has 108 valence electrons. The van der Waals surface area contributed by atoms with Crippen molar-refractivity contribution in [3.8, 4) is 17.2 Å². The van der Waals surface area contributed by atoms with Crippen molar-refractivity contribution in [1.29, 1.82) is 0 Å². The third kappa shape index (κ3) is 2.89. The van der Waals surface area contributed by atoms with Gasteiger partial charge in [-0.15, -0.1) is 0 Å². The van der Waals surface area contributed by atoms with E-state index >= 15 is 0 Å². The van der Waals surface area contributed by atoms with E-state index in [0.717, 1.165) is 0 Å². The van der Waals surface area contributed by atoms with Crippen molar-refractivity contribution in [3.05, 3.63) is 48.3 Å². The van der Waals surface area contributed by atoms with Gasteiger partial charge in [-0.3, -0.25) is 0 Å². The first-order valence-electron chi connectivity index (χ1n) is 6.43. The van der Waals surface area contributed by atoms with E-state index in [9.17, 15) is 4.79 Å². The maximum atomic E-state index is 11.0. The Morgan fingerprint density at radius 3 is 2.90 bits per heavy atom. The van der Waals surface area contributed by atoms with Crippen LogP contribution in [0.2, 0.25) is 0 Å². The molecular weight excluding hydrogens is 274 g/mol. The van der Waals surface area contributed by atoms with Crippen molar-refractivity contribution in [2.24, 2.45) is 0 Å². The molecule has 1 atom stereocenters. The second-order valence-electron chi connectivity index (χ2n) is 4.46. The summed E-state index contributed by atoms with van der Waals surface area (Å²) in [5.74, 6) is 0.438. The van der Waals surface area contributed by atoms with Crippen molar-refractivity contribution in [1.82, 2.24) is 4.98 Å². The normalized spacial score (nSPS) is 16.3. The van der Waals surface area contributed by atoms with Crippen molar-refractivity contribution in [2.75, 3.05) is 13.2 Å². The fourth-order valence-electron chi connectivity index (χ4n) is 2.00. The summed E-state index contributed by atoms with van der Waals surface area (Å²) in [4.78, 5) is 14.8. The lowest BCUT2D eigenvalue weighted by Crippen LogP contribution is -2.34. The molecule has 0 fully saturated rings. The van der Waals surface area contributed by atoms with Gasteiger partial charge in [-0.1, -0.05) is 12.1 Å². The lowest BCUT2D eigenvalue weighted by Gasteiger charge is -2.26. The molecule has 0 radical (unpaired) electrons. The lowest BCUT2D eigenvalue weighted by molar-refractivity contribution is 0.0517. The second-order valence-corrected chi connectivity index (χ2v) is 4.46. The number of carboxylic acids is 1. The van der Waals surface area contributed by atoms with E-state index in [1.54, 1.807) is 12.1 Å². The number of pyridine rings is 1. The Kier molecular flexibility index (Phi) is 3.59. The minimum Gasteiger partial charge on any atom is -0.487 e. The van der Waals surface area contributed by atoms with E-state index in [0.29, 0.717) is 18.1 Å². The van der Waals surface area contributed by atoms with Gasteiger partial charge in [0.25, 0.3) is 0 Å². The molecule has 0 saturated carbocycles. The van der Waals surface area contributed by atoms with Gasteiger partial charge in [0, 0.05) is 6.20 Å². The number of aromatic nitrogens is 1. The Morgan fingerprint density at radius 2 is 2.10 bits per heavy atom. The largest absolute Gasteiger partial charge is 0.487 e. The number of para-hydroxylation sites is 2. The molecular formula is C15H13NO5. The van der Waals surface area contributed by atoms with E-state index in [1.807, 2.05) is 24.3 Å². The van der Waals surface area contributed by atoms with Gasteiger partial charge in [0.15, 0.2) is 29.0 Å².